The van der Waals surface area contributed by atoms with Crippen molar-refractivity contribution in [3.8, 4) is 0 Å². The zero-order valence-electron chi connectivity index (χ0n) is 12.7. The van der Waals surface area contributed by atoms with Gasteiger partial charge < -0.3 is 15.6 Å². The average Bonchev–Trinajstić information content (AvgIpc) is 2.95. The first-order valence-electron chi connectivity index (χ1n) is 7.34. The number of carbonyl (C=O) groups is 2. The van der Waals surface area contributed by atoms with Crippen LogP contribution in [0.15, 0.2) is 54.7 Å². The quantitative estimate of drug-likeness (QED) is 0.693. The van der Waals surface area contributed by atoms with Crippen LogP contribution in [0.5, 0.6) is 0 Å². The lowest BCUT2D eigenvalue weighted by atomic mass is 10.1. The number of benzene rings is 2. The predicted molar refractivity (Wildman–Crippen MR) is 90.2 cm³/mol. The van der Waals surface area contributed by atoms with Crippen LogP contribution >= 0.6 is 0 Å². The van der Waals surface area contributed by atoms with Gasteiger partial charge in [0.2, 0.25) is 5.91 Å². The van der Waals surface area contributed by atoms with Gasteiger partial charge in [0, 0.05) is 41.8 Å². The number of para-hydroxylation sites is 1. The molecule has 3 rings (SSSR count). The molecule has 2 aromatic carbocycles. The maximum Gasteiger partial charge on any atom is 0.251 e. The zero-order valence-corrected chi connectivity index (χ0v) is 12.7. The molecule has 5 heteroatoms. The van der Waals surface area contributed by atoms with Gasteiger partial charge in [-0.15, -0.1) is 0 Å². The van der Waals surface area contributed by atoms with Crippen molar-refractivity contribution in [1.82, 2.24) is 10.3 Å². The van der Waals surface area contributed by atoms with E-state index < -0.39 is 0 Å². The van der Waals surface area contributed by atoms with Crippen LogP contribution in [-0.2, 0) is 11.3 Å². The molecule has 0 radical (unpaired) electrons. The summed E-state index contributed by atoms with van der Waals surface area (Å²) in [5.41, 5.74) is 3.20. The van der Waals surface area contributed by atoms with Crippen LogP contribution in [0, 0.1) is 0 Å². The highest BCUT2D eigenvalue weighted by Gasteiger charge is 2.08. The van der Waals surface area contributed by atoms with Crippen molar-refractivity contribution in [2.24, 2.45) is 0 Å². The molecule has 1 heterocycles. The molecule has 116 valence electrons. The molecule has 23 heavy (non-hydrogen) atoms. The van der Waals surface area contributed by atoms with Crippen molar-refractivity contribution in [2.75, 3.05) is 5.32 Å². The summed E-state index contributed by atoms with van der Waals surface area (Å²) in [7, 11) is 0. The Balaban J connectivity index is 1.71. The van der Waals surface area contributed by atoms with Crippen LogP contribution in [0.4, 0.5) is 5.69 Å². The lowest BCUT2D eigenvalue weighted by Crippen LogP contribution is -2.22. The summed E-state index contributed by atoms with van der Waals surface area (Å²) in [5, 5.41) is 6.67. The van der Waals surface area contributed by atoms with Crippen molar-refractivity contribution in [3.63, 3.8) is 0 Å². The molecule has 0 aliphatic rings. The smallest absolute Gasteiger partial charge is 0.251 e. The third kappa shape index (κ3) is 3.40. The van der Waals surface area contributed by atoms with Crippen LogP contribution in [0.2, 0.25) is 0 Å². The average molecular weight is 307 g/mol. The number of aromatic nitrogens is 1. The van der Waals surface area contributed by atoms with Gasteiger partial charge in [0.15, 0.2) is 0 Å². The van der Waals surface area contributed by atoms with Crippen molar-refractivity contribution < 1.29 is 9.59 Å². The molecule has 2 amide bonds. The number of H-pyrrole nitrogens is 1. The third-order valence-electron chi connectivity index (χ3n) is 3.56. The van der Waals surface area contributed by atoms with Crippen LogP contribution in [0.3, 0.4) is 0 Å². The van der Waals surface area contributed by atoms with Crippen molar-refractivity contribution in [3.05, 3.63) is 65.9 Å². The Morgan fingerprint density at radius 2 is 1.91 bits per heavy atom. The minimum Gasteiger partial charge on any atom is -0.361 e. The summed E-state index contributed by atoms with van der Waals surface area (Å²) in [6.07, 6.45) is 1.90. The molecule has 0 unspecified atom stereocenters. The molecule has 0 fully saturated rings. The standard InChI is InChI=1S/C18H17N3O2/c1-12(22)21-15-6-4-5-13(9-15)18(23)20-11-14-10-19-17-8-3-2-7-16(14)17/h2-10,19H,11H2,1H3,(H,20,23)(H,21,22). The van der Waals surface area contributed by atoms with Gasteiger partial charge in [0.1, 0.15) is 0 Å². The first-order valence-corrected chi connectivity index (χ1v) is 7.34. The zero-order chi connectivity index (χ0) is 16.2. The normalized spacial score (nSPS) is 10.5. The fourth-order valence-electron chi connectivity index (χ4n) is 2.50. The fourth-order valence-corrected chi connectivity index (χ4v) is 2.50. The molecule has 0 atom stereocenters. The molecule has 0 saturated heterocycles. The minimum absolute atomic E-state index is 0.165. The van der Waals surface area contributed by atoms with Crippen LogP contribution in [0.1, 0.15) is 22.8 Å². The van der Waals surface area contributed by atoms with Gasteiger partial charge in [-0.25, -0.2) is 0 Å². The summed E-state index contributed by atoms with van der Waals surface area (Å²) in [4.78, 5) is 26.5. The monoisotopic (exact) mass is 307 g/mol. The van der Waals surface area contributed by atoms with E-state index in [1.165, 1.54) is 6.92 Å². The second kappa shape index (κ2) is 6.36. The Bertz CT molecular complexity index is 867. The number of anilines is 1. The van der Waals surface area contributed by atoms with Crippen LogP contribution in [-0.4, -0.2) is 16.8 Å². The van der Waals surface area contributed by atoms with Crippen molar-refractivity contribution in [2.45, 2.75) is 13.5 Å². The van der Waals surface area contributed by atoms with Gasteiger partial charge >= 0.3 is 0 Å². The lowest BCUT2D eigenvalue weighted by Gasteiger charge is -2.07. The first-order chi connectivity index (χ1) is 11.1. The number of carbonyl (C=O) groups excluding carboxylic acids is 2. The van der Waals surface area contributed by atoms with E-state index in [9.17, 15) is 9.59 Å². The van der Waals surface area contributed by atoms with Crippen molar-refractivity contribution >= 4 is 28.4 Å². The molecule has 3 aromatic rings. The molecular weight excluding hydrogens is 290 g/mol. The Morgan fingerprint density at radius 3 is 2.74 bits per heavy atom. The summed E-state index contributed by atoms with van der Waals surface area (Å²) >= 11 is 0. The predicted octanol–water partition coefficient (Wildman–Crippen LogP) is 3.06. The summed E-state index contributed by atoms with van der Waals surface area (Å²) in [6.45, 7) is 1.87. The molecule has 1 aromatic heterocycles. The molecule has 0 aliphatic heterocycles. The molecule has 0 spiro atoms. The number of hydrogen-bond acceptors (Lipinski definition) is 2. The van der Waals surface area contributed by atoms with E-state index in [2.05, 4.69) is 15.6 Å². The number of fused-ring (bicyclic) bond motifs is 1. The van der Waals surface area contributed by atoms with E-state index in [0.717, 1.165) is 16.5 Å². The topological polar surface area (TPSA) is 74.0 Å². The molecule has 0 saturated carbocycles. The summed E-state index contributed by atoms with van der Waals surface area (Å²) < 4.78 is 0. The number of rotatable bonds is 4. The summed E-state index contributed by atoms with van der Waals surface area (Å²) in [5.74, 6) is -0.344. The van der Waals surface area contributed by atoms with Gasteiger partial charge in [0.25, 0.3) is 5.91 Å². The maximum atomic E-state index is 12.3. The Kier molecular flexibility index (Phi) is 4.10. The Hall–Kier alpha value is -3.08. The highest BCUT2D eigenvalue weighted by Crippen LogP contribution is 2.17. The number of amides is 2. The highest BCUT2D eigenvalue weighted by molar-refractivity contribution is 5.97. The summed E-state index contributed by atoms with van der Waals surface area (Å²) in [6, 6.07) is 14.8. The number of aromatic amines is 1. The minimum atomic E-state index is -0.178. The van der Waals surface area contributed by atoms with Gasteiger partial charge in [-0.2, -0.15) is 0 Å². The largest absolute Gasteiger partial charge is 0.361 e. The number of nitrogens with one attached hydrogen (secondary N) is 3. The molecule has 3 N–H and O–H groups in total. The fraction of sp³-hybridized carbons (Fsp3) is 0.111. The van der Waals surface area contributed by atoms with E-state index in [1.807, 2.05) is 30.5 Å². The van der Waals surface area contributed by atoms with E-state index in [1.54, 1.807) is 24.3 Å². The second-order valence-electron chi connectivity index (χ2n) is 5.30. The van der Waals surface area contributed by atoms with E-state index >= 15 is 0 Å². The van der Waals surface area contributed by atoms with Gasteiger partial charge in [-0.05, 0) is 29.8 Å². The molecule has 0 bridgehead atoms. The Morgan fingerprint density at radius 1 is 1.09 bits per heavy atom. The van der Waals surface area contributed by atoms with Crippen LogP contribution < -0.4 is 10.6 Å². The van der Waals surface area contributed by atoms with Crippen molar-refractivity contribution in [1.29, 1.82) is 0 Å². The van der Waals surface area contributed by atoms with Gasteiger partial charge in [0.05, 0.1) is 0 Å². The molecular formula is C18H17N3O2. The molecule has 0 aliphatic carbocycles. The van der Waals surface area contributed by atoms with Crippen LogP contribution in [0.25, 0.3) is 10.9 Å². The SMILES string of the molecule is CC(=O)Nc1cccc(C(=O)NCc2c[nH]c3ccccc23)c1. The van der Waals surface area contributed by atoms with Gasteiger partial charge in [-0.3, -0.25) is 9.59 Å². The highest BCUT2D eigenvalue weighted by atomic mass is 16.2. The number of hydrogen-bond donors (Lipinski definition) is 3. The molecule has 5 nitrogen and oxygen atoms in total. The first kappa shape index (κ1) is 14.8. The van der Waals surface area contributed by atoms with E-state index in [4.69, 9.17) is 0 Å². The third-order valence-corrected chi connectivity index (χ3v) is 3.56. The Labute approximate surface area is 133 Å². The maximum absolute atomic E-state index is 12.3. The van der Waals surface area contributed by atoms with E-state index in [-0.39, 0.29) is 11.8 Å². The van der Waals surface area contributed by atoms with E-state index in [0.29, 0.717) is 17.8 Å². The van der Waals surface area contributed by atoms with Gasteiger partial charge in [-0.1, -0.05) is 24.3 Å². The second-order valence-corrected chi connectivity index (χ2v) is 5.30. The lowest BCUT2D eigenvalue weighted by molar-refractivity contribution is -0.114.